The fraction of sp³-hybridized carbons (Fsp3) is 0.125. The van der Waals surface area contributed by atoms with E-state index in [2.05, 4.69) is 41.3 Å². The van der Waals surface area contributed by atoms with Crippen LogP contribution >= 0.6 is 31.9 Å². The maximum Gasteiger partial charge on any atom is 0.346 e. The summed E-state index contributed by atoms with van der Waals surface area (Å²) in [6.07, 6.45) is 0. The van der Waals surface area contributed by atoms with Gasteiger partial charge in [0.2, 0.25) is 0 Å². The van der Waals surface area contributed by atoms with Gasteiger partial charge >= 0.3 is 11.9 Å². The second-order valence-corrected chi connectivity index (χ2v) is 6.63. The highest BCUT2D eigenvalue weighted by atomic mass is 79.9. The zero-order chi connectivity index (χ0) is 23.2. The Balaban J connectivity index is 0.000000300. The molecule has 0 atom stereocenters. The highest BCUT2D eigenvalue weighted by Gasteiger charge is 2.26. The number of ether oxygens (including phenoxy) is 2. The van der Waals surface area contributed by atoms with Crippen molar-refractivity contribution in [3.05, 3.63) is 76.2 Å². The molecule has 0 saturated carbocycles. The lowest BCUT2D eigenvalue weighted by atomic mass is 10.2. The minimum atomic E-state index is -0.965. The van der Waals surface area contributed by atoms with Crippen molar-refractivity contribution in [1.82, 2.24) is 0 Å². The maximum absolute atomic E-state index is 13.1. The summed E-state index contributed by atoms with van der Waals surface area (Å²) in [6, 6.07) is 3.47. The Morgan fingerprint density at radius 3 is 1.93 bits per heavy atom. The molecule has 0 unspecified atom stereocenters. The van der Waals surface area contributed by atoms with E-state index < -0.39 is 50.4 Å². The first-order valence-electron chi connectivity index (χ1n) is 7.38. The van der Waals surface area contributed by atoms with Crippen molar-refractivity contribution in [3.63, 3.8) is 0 Å². The molecule has 2 aromatic rings. The quantitative estimate of drug-likeness (QED) is 0.304. The predicted molar refractivity (Wildman–Crippen MR) is 104 cm³/mol. The molecule has 10 nitrogen and oxygen atoms in total. The van der Waals surface area contributed by atoms with Crippen LogP contribution in [0.25, 0.3) is 0 Å². The highest BCUT2D eigenvalue weighted by molar-refractivity contribution is 9.10. The van der Waals surface area contributed by atoms with E-state index >= 15 is 0 Å². The molecule has 0 bridgehead atoms. The highest BCUT2D eigenvalue weighted by Crippen LogP contribution is 2.30. The number of nitro benzene ring substituents is 2. The van der Waals surface area contributed by atoms with E-state index in [0.29, 0.717) is 0 Å². The average molecular weight is 556 g/mol. The minimum Gasteiger partial charge on any atom is -0.465 e. The number of carbonyl (C=O) groups excluding carboxylic acids is 2. The van der Waals surface area contributed by atoms with Crippen molar-refractivity contribution >= 4 is 55.2 Å². The molecule has 14 heteroatoms. The number of rotatable bonds is 4. The van der Waals surface area contributed by atoms with Crippen molar-refractivity contribution in [2.24, 2.45) is 0 Å². The van der Waals surface area contributed by atoms with Crippen LogP contribution in [0.15, 0.2) is 33.2 Å². The van der Waals surface area contributed by atoms with Crippen molar-refractivity contribution in [2.45, 2.75) is 0 Å². The van der Waals surface area contributed by atoms with Gasteiger partial charge in [-0.05, 0) is 37.9 Å². The molecule has 0 fully saturated rings. The van der Waals surface area contributed by atoms with Gasteiger partial charge in [-0.2, -0.15) is 0 Å². The van der Waals surface area contributed by atoms with Crippen molar-refractivity contribution in [2.75, 3.05) is 14.2 Å². The van der Waals surface area contributed by atoms with Gasteiger partial charge in [-0.3, -0.25) is 20.2 Å². The summed E-state index contributed by atoms with van der Waals surface area (Å²) in [5.41, 5.74) is -1.65. The van der Waals surface area contributed by atoms with Gasteiger partial charge in [-0.1, -0.05) is 0 Å². The number of methoxy groups -OCH3 is 2. The summed E-state index contributed by atoms with van der Waals surface area (Å²) in [6.45, 7) is 0. The van der Waals surface area contributed by atoms with E-state index in [9.17, 15) is 38.6 Å². The number of hydrogen-bond acceptors (Lipinski definition) is 8. The average Bonchev–Trinajstić information content (AvgIpc) is 2.70. The van der Waals surface area contributed by atoms with E-state index in [-0.39, 0.29) is 14.5 Å². The molecule has 30 heavy (non-hydrogen) atoms. The first kappa shape index (κ1) is 25.0. The van der Waals surface area contributed by atoms with Crippen LogP contribution in [-0.2, 0) is 9.47 Å². The molecule has 0 aliphatic carbocycles. The smallest absolute Gasteiger partial charge is 0.346 e. The molecule has 0 heterocycles. The first-order valence-corrected chi connectivity index (χ1v) is 8.97. The van der Waals surface area contributed by atoms with Crippen LogP contribution < -0.4 is 0 Å². The van der Waals surface area contributed by atoms with Gasteiger partial charge < -0.3 is 9.47 Å². The number of nitro groups is 2. The number of hydrogen-bond donors (Lipinski definition) is 0. The zero-order valence-electron chi connectivity index (χ0n) is 15.0. The lowest BCUT2D eigenvalue weighted by molar-refractivity contribution is -0.385. The van der Waals surface area contributed by atoms with Crippen molar-refractivity contribution in [1.29, 1.82) is 0 Å². The van der Waals surface area contributed by atoms with E-state index in [0.717, 1.165) is 38.5 Å². The number of halogens is 4. The summed E-state index contributed by atoms with van der Waals surface area (Å²) in [7, 11) is 2.16. The topological polar surface area (TPSA) is 139 Å². The minimum absolute atomic E-state index is 0.153. The molecule has 160 valence electrons. The summed E-state index contributed by atoms with van der Waals surface area (Å²) in [4.78, 5) is 41.7. The van der Waals surface area contributed by atoms with Gasteiger partial charge in [-0.25, -0.2) is 18.4 Å². The molecule has 0 aliphatic heterocycles. The van der Waals surface area contributed by atoms with Gasteiger partial charge in [0.25, 0.3) is 11.4 Å². The Hall–Kier alpha value is -3.00. The fourth-order valence-corrected chi connectivity index (χ4v) is 2.82. The summed E-state index contributed by atoms with van der Waals surface area (Å²) >= 11 is 5.57. The number of esters is 2. The predicted octanol–water partition coefficient (Wildman–Crippen LogP) is 4.57. The third-order valence-electron chi connectivity index (χ3n) is 3.29. The summed E-state index contributed by atoms with van der Waals surface area (Å²) < 4.78 is 34.4. The molecule has 0 amide bonds. The summed E-state index contributed by atoms with van der Waals surface area (Å²) in [5, 5.41) is 21.0. The molecular formula is C16H10Br2F2N2O8. The normalized spacial score (nSPS) is 9.80. The van der Waals surface area contributed by atoms with Crippen LogP contribution in [-0.4, -0.2) is 36.0 Å². The van der Waals surface area contributed by atoms with Gasteiger partial charge in [0.1, 0.15) is 11.6 Å². The van der Waals surface area contributed by atoms with Crippen molar-refractivity contribution < 1.29 is 37.7 Å². The Labute approximate surface area is 183 Å². The second kappa shape index (κ2) is 10.7. The van der Waals surface area contributed by atoms with Crippen LogP contribution in [0.3, 0.4) is 0 Å². The van der Waals surface area contributed by atoms with Crippen LogP contribution in [0, 0.1) is 31.9 Å². The Morgan fingerprint density at radius 2 is 1.47 bits per heavy atom. The molecular weight excluding hydrogens is 546 g/mol. The zero-order valence-corrected chi connectivity index (χ0v) is 18.2. The molecule has 2 rings (SSSR count). The van der Waals surface area contributed by atoms with Gasteiger partial charge in [0.15, 0.2) is 5.56 Å². The van der Waals surface area contributed by atoms with E-state index in [1.807, 2.05) is 0 Å². The second-order valence-electron chi connectivity index (χ2n) is 5.04. The third-order valence-corrected chi connectivity index (χ3v) is 4.87. The standard InChI is InChI=1S/2C8H5BrFNO4/c1-15-8(12)5-2-4(11(13)14)3-6(10)7(5)9;1-15-8(12)6-5(11(13)14)3-2-4(10)7(6)9/h2*2-3H,1H3. The number of carbonyl (C=O) groups is 2. The van der Waals surface area contributed by atoms with E-state index in [1.54, 1.807) is 0 Å². The van der Waals surface area contributed by atoms with Crippen LogP contribution in [0.5, 0.6) is 0 Å². The molecule has 2 aromatic carbocycles. The van der Waals surface area contributed by atoms with E-state index in [4.69, 9.17) is 0 Å². The maximum atomic E-state index is 13.1. The largest absolute Gasteiger partial charge is 0.465 e. The number of non-ortho nitro benzene ring substituents is 1. The monoisotopic (exact) mass is 554 g/mol. The lowest BCUT2D eigenvalue weighted by Crippen LogP contribution is -2.07. The molecule has 0 saturated heterocycles. The van der Waals surface area contributed by atoms with Gasteiger partial charge in [-0.15, -0.1) is 0 Å². The van der Waals surface area contributed by atoms with Crippen LogP contribution in [0.4, 0.5) is 20.2 Å². The van der Waals surface area contributed by atoms with Crippen LogP contribution in [0.2, 0.25) is 0 Å². The molecule has 0 radical (unpaired) electrons. The first-order chi connectivity index (χ1) is 14.0. The van der Waals surface area contributed by atoms with Gasteiger partial charge in [0.05, 0.1) is 44.6 Å². The van der Waals surface area contributed by atoms with Crippen LogP contribution in [0.1, 0.15) is 20.7 Å². The molecule has 0 spiro atoms. The third kappa shape index (κ3) is 5.76. The Kier molecular flexibility index (Phi) is 8.92. The molecule has 0 N–H and O–H groups in total. The lowest BCUT2D eigenvalue weighted by Gasteiger charge is -2.03. The fourth-order valence-electron chi connectivity index (χ4n) is 1.93. The van der Waals surface area contributed by atoms with Gasteiger partial charge in [0, 0.05) is 12.1 Å². The molecule has 0 aromatic heterocycles. The Morgan fingerprint density at radius 1 is 0.900 bits per heavy atom. The van der Waals surface area contributed by atoms with Crippen molar-refractivity contribution in [3.8, 4) is 0 Å². The molecule has 0 aliphatic rings. The van der Waals surface area contributed by atoms with E-state index in [1.165, 1.54) is 0 Å². The number of nitrogens with zero attached hydrogens (tertiary/aromatic N) is 2. The Bertz CT molecular complexity index is 1030. The number of benzene rings is 2. The SMILES string of the molecule is COC(=O)c1c([N+](=O)[O-])ccc(F)c1Br.COC(=O)c1cc([N+](=O)[O-])cc(F)c1Br. The summed E-state index contributed by atoms with van der Waals surface area (Å²) in [5.74, 6) is -3.46.